The fourth-order valence-corrected chi connectivity index (χ4v) is 3.51. The molecule has 1 N–H and O–H groups in total. The Morgan fingerprint density at radius 2 is 2.09 bits per heavy atom. The molecular formula is C15H19N3O3S2. The lowest BCUT2D eigenvalue weighted by Gasteiger charge is -2.03. The van der Waals surface area contributed by atoms with Gasteiger partial charge in [0, 0.05) is 17.9 Å². The van der Waals surface area contributed by atoms with Crippen LogP contribution in [0, 0.1) is 0 Å². The van der Waals surface area contributed by atoms with Crippen molar-refractivity contribution in [1.29, 1.82) is 0 Å². The van der Waals surface area contributed by atoms with Crippen molar-refractivity contribution < 1.29 is 14.3 Å². The molecule has 0 aliphatic heterocycles. The number of aromatic nitrogens is 2. The highest BCUT2D eigenvalue weighted by Crippen LogP contribution is 2.28. The number of hydrogen-bond donors (Lipinski definition) is 1. The fraction of sp³-hybridized carbons (Fsp3) is 0.400. The van der Waals surface area contributed by atoms with Crippen molar-refractivity contribution in [3.63, 3.8) is 0 Å². The number of nitrogens with zero attached hydrogens (tertiary/aromatic N) is 2. The largest absolute Gasteiger partial charge is 0.497 e. The molecule has 0 saturated heterocycles. The molecule has 0 unspecified atom stereocenters. The van der Waals surface area contributed by atoms with Crippen molar-refractivity contribution >= 4 is 39.9 Å². The molecule has 1 aromatic heterocycles. The van der Waals surface area contributed by atoms with Crippen molar-refractivity contribution in [3.05, 3.63) is 24.3 Å². The van der Waals surface area contributed by atoms with Crippen LogP contribution in [0.2, 0.25) is 0 Å². The van der Waals surface area contributed by atoms with Gasteiger partial charge in [-0.3, -0.25) is 4.79 Å². The van der Waals surface area contributed by atoms with Gasteiger partial charge in [0.25, 0.3) is 0 Å². The molecule has 0 radical (unpaired) electrons. The summed E-state index contributed by atoms with van der Waals surface area (Å²) in [5.41, 5.74) is 0.931. The first-order valence-corrected chi connectivity index (χ1v) is 9.04. The zero-order valence-corrected chi connectivity index (χ0v) is 14.7. The van der Waals surface area contributed by atoms with Crippen LogP contribution in [-0.4, -0.2) is 35.6 Å². The summed E-state index contributed by atoms with van der Waals surface area (Å²) >= 11 is 3.08. The second-order valence-corrected chi connectivity index (χ2v) is 6.80. The fourth-order valence-electron chi connectivity index (χ4n) is 1.73. The standard InChI is InChI=1S/C15H19N3O3S2/c1-3-21-13(19)5-4-10-22-15-18-17-14(23-15)16-11-6-8-12(20-2)9-7-11/h6-9H,3-5,10H2,1-2H3,(H,16,17). The number of rotatable bonds is 9. The molecule has 0 amide bonds. The molecule has 0 saturated carbocycles. The Morgan fingerprint density at radius 1 is 1.30 bits per heavy atom. The molecule has 6 nitrogen and oxygen atoms in total. The van der Waals surface area contributed by atoms with Crippen LogP contribution < -0.4 is 10.1 Å². The molecule has 0 atom stereocenters. The Bertz CT molecular complexity index is 617. The summed E-state index contributed by atoms with van der Waals surface area (Å²) in [5.74, 6) is 1.48. The normalized spacial score (nSPS) is 10.3. The lowest BCUT2D eigenvalue weighted by molar-refractivity contribution is -0.143. The lowest BCUT2D eigenvalue weighted by atomic mass is 10.3. The average molecular weight is 353 g/mol. The van der Waals surface area contributed by atoms with Gasteiger partial charge >= 0.3 is 5.97 Å². The predicted octanol–water partition coefficient (Wildman–Crippen LogP) is 3.73. The number of thioether (sulfide) groups is 1. The maximum absolute atomic E-state index is 11.2. The minimum absolute atomic E-state index is 0.146. The number of carbonyl (C=O) groups is 1. The molecule has 2 aromatic rings. The summed E-state index contributed by atoms with van der Waals surface area (Å²) in [6, 6.07) is 7.61. The molecule has 8 heteroatoms. The molecule has 0 spiro atoms. The maximum Gasteiger partial charge on any atom is 0.305 e. The zero-order chi connectivity index (χ0) is 16.5. The molecule has 23 heavy (non-hydrogen) atoms. The first-order chi connectivity index (χ1) is 11.2. The van der Waals surface area contributed by atoms with Crippen molar-refractivity contribution in [1.82, 2.24) is 10.2 Å². The van der Waals surface area contributed by atoms with E-state index >= 15 is 0 Å². The third kappa shape index (κ3) is 6.07. The number of hydrogen-bond acceptors (Lipinski definition) is 8. The molecule has 1 heterocycles. The molecule has 0 aliphatic rings. The molecule has 0 aliphatic carbocycles. The molecule has 2 rings (SSSR count). The van der Waals surface area contributed by atoms with Gasteiger partial charge < -0.3 is 14.8 Å². The van der Waals surface area contributed by atoms with Crippen LogP contribution in [0.5, 0.6) is 5.75 Å². The Balaban J connectivity index is 1.75. The molecule has 0 bridgehead atoms. The SMILES string of the molecule is CCOC(=O)CCCSc1nnc(Nc2ccc(OC)cc2)s1. The van der Waals surface area contributed by atoms with E-state index in [9.17, 15) is 4.79 Å². The van der Waals surface area contributed by atoms with Gasteiger partial charge in [0.15, 0.2) is 4.34 Å². The third-order valence-corrected chi connectivity index (χ3v) is 4.86. The number of ether oxygens (including phenoxy) is 2. The van der Waals surface area contributed by atoms with Gasteiger partial charge in [0.1, 0.15) is 5.75 Å². The van der Waals surface area contributed by atoms with E-state index < -0.39 is 0 Å². The highest BCUT2D eigenvalue weighted by atomic mass is 32.2. The van der Waals surface area contributed by atoms with E-state index in [-0.39, 0.29) is 5.97 Å². The van der Waals surface area contributed by atoms with Crippen molar-refractivity contribution in [2.24, 2.45) is 0 Å². The van der Waals surface area contributed by atoms with Crippen LogP contribution in [0.15, 0.2) is 28.6 Å². The topological polar surface area (TPSA) is 73.3 Å². The first-order valence-electron chi connectivity index (χ1n) is 7.24. The Hall–Kier alpha value is -1.80. The van der Waals surface area contributed by atoms with E-state index in [2.05, 4.69) is 15.5 Å². The van der Waals surface area contributed by atoms with Crippen LogP contribution in [0.25, 0.3) is 0 Å². The summed E-state index contributed by atoms with van der Waals surface area (Å²) in [6.45, 7) is 2.24. The molecule has 0 fully saturated rings. The lowest BCUT2D eigenvalue weighted by Crippen LogP contribution is -2.03. The summed E-state index contributed by atoms with van der Waals surface area (Å²) in [4.78, 5) is 11.2. The summed E-state index contributed by atoms with van der Waals surface area (Å²) < 4.78 is 10.9. The van der Waals surface area contributed by atoms with Crippen molar-refractivity contribution in [3.8, 4) is 5.75 Å². The van der Waals surface area contributed by atoms with Gasteiger partial charge in [-0.2, -0.15) is 0 Å². The number of carbonyl (C=O) groups excluding carboxylic acids is 1. The van der Waals surface area contributed by atoms with Crippen molar-refractivity contribution in [2.75, 3.05) is 24.8 Å². The van der Waals surface area contributed by atoms with Gasteiger partial charge in [-0.05, 0) is 37.6 Å². The minimum atomic E-state index is -0.146. The van der Waals surface area contributed by atoms with Crippen LogP contribution in [-0.2, 0) is 9.53 Å². The van der Waals surface area contributed by atoms with Crippen LogP contribution in [0.3, 0.4) is 0 Å². The van der Waals surface area contributed by atoms with Gasteiger partial charge in [-0.25, -0.2) is 0 Å². The number of nitrogens with one attached hydrogen (secondary N) is 1. The highest BCUT2D eigenvalue weighted by molar-refractivity contribution is 8.01. The van der Waals surface area contributed by atoms with E-state index in [1.165, 1.54) is 11.3 Å². The second kappa shape index (κ2) is 9.36. The van der Waals surface area contributed by atoms with E-state index in [0.29, 0.717) is 13.0 Å². The predicted molar refractivity (Wildman–Crippen MR) is 92.8 cm³/mol. The first kappa shape index (κ1) is 17.6. The monoisotopic (exact) mass is 353 g/mol. The quantitative estimate of drug-likeness (QED) is 0.418. The number of benzene rings is 1. The highest BCUT2D eigenvalue weighted by Gasteiger charge is 2.07. The van der Waals surface area contributed by atoms with Gasteiger partial charge in [-0.1, -0.05) is 23.1 Å². The average Bonchev–Trinajstić information content (AvgIpc) is 3.00. The van der Waals surface area contributed by atoms with Crippen LogP contribution in [0.1, 0.15) is 19.8 Å². The molecule has 1 aromatic carbocycles. The van der Waals surface area contributed by atoms with E-state index in [0.717, 1.165) is 33.1 Å². The van der Waals surface area contributed by atoms with Gasteiger partial charge in [-0.15, -0.1) is 10.2 Å². The number of esters is 1. The summed E-state index contributed by atoms with van der Waals surface area (Å²) in [7, 11) is 1.64. The Kier molecular flexibility index (Phi) is 7.15. The van der Waals surface area contributed by atoms with Crippen LogP contribution >= 0.6 is 23.1 Å². The number of anilines is 2. The van der Waals surface area contributed by atoms with Crippen LogP contribution in [0.4, 0.5) is 10.8 Å². The maximum atomic E-state index is 11.2. The van der Waals surface area contributed by atoms with E-state index in [1.807, 2.05) is 31.2 Å². The molecular weight excluding hydrogens is 334 g/mol. The number of methoxy groups -OCH3 is 1. The smallest absolute Gasteiger partial charge is 0.305 e. The third-order valence-electron chi connectivity index (χ3n) is 2.80. The zero-order valence-electron chi connectivity index (χ0n) is 13.1. The van der Waals surface area contributed by atoms with E-state index in [1.54, 1.807) is 18.9 Å². The van der Waals surface area contributed by atoms with Crippen molar-refractivity contribution in [2.45, 2.75) is 24.1 Å². The molecule has 124 valence electrons. The van der Waals surface area contributed by atoms with E-state index in [4.69, 9.17) is 9.47 Å². The minimum Gasteiger partial charge on any atom is -0.497 e. The summed E-state index contributed by atoms with van der Waals surface area (Å²) in [6.07, 6.45) is 1.21. The Labute approximate surface area is 143 Å². The summed E-state index contributed by atoms with van der Waals surface area (Å²) in [5, 5.41) is 12.2. The Morgan fingerprint density at radius 3 is 2.78 bits per heavy atom. The van der Waals surface area contributed by atoms with Gasteiger partial charge in [0.2, 0.25) is 5.13 Å². The van der Waals surface area contributed by atoms with Gasteiger partial charge in [0.05, 0.1) is 13.7 Å². The second-order valence-electron chi connectivity index (χ2n) is 4.48.